The number of para-hydroxylation sites is 1. The number of benzene rings is 3. The monoisotopic (exact) mass is 484 g/mol. The van der Waals surface area contributed by atoms with Gasteiger partial charge in [0.1, 0.15) is 5.76 Å². The zero-order valence-electron chi connectivity index (χ0n) is 17.9. The summed E-state index contributed by atoms with van der Waals surface area (Å²) in [5, 5.41) is 5.59. The Hall–Kier alpha value is -3.86. The first-order valence-corrected chi connectivity index (χ1v) is 11.3. The highest BCUT2D eigenvalue weighted by Crippen LogP contribution is 2.30. The summed E-state index contributed by atoms with van der Waals surface area (Å²) in [6.07, 6.45) is 5.15. The molecule has 0 fully saturated rings. The number of rotatable bonds is 6. The lowest BCUT2D eigenvalue weighted by molar-refractivity contribution is 0.102. The molecule has 0 aliphatic rings. The van der Waals surface area contributed by atoms with E-state index in [-0.39, 0.29) is 11.5 Å². The van der Waals surface area contributed by atoms with Crippen LogP contribution in [0.2, 0.25) is 10.0 Å². The predicted molar refractivity (Wildman–Crippen MR) is 137 cm³/mol. The Labute approximate surface area is 206 Å². The van der Waals surface area contributed by atoms with Gasteiger partial charge in [-0.25, -0.2) is 4.68 Å². The molecule has 34 heavy (non-hydrogen) atoms. The minimum Gasteiger partial charge on any atom is -0.453 e. The molecule has 5 rings (SSSR count). The van der Waals surface area contributed by atoms with E-state index in [9.17, 15) is 4.79 Å². The van der Waals surface area contributed by atoms with Crippen molar-refractivity contribution in [2.75, 3.05) is 0 Å². The van der Waals surface area contributed by atoms with Crippen LogP contribution >= 0.6 is 23.2 Å². The van der Waals surface area contributed by atoms with E-state index in [1.54, 1.807) is 36.4 Å². The molecular weight excluding hydrogens is 467 g/mol. The van der Waals surface area contributed by atoms with Crippen LogP contribution in [0.15, 0.2) is 108 Å². The van der Waals surface area contributed by atoms with Gasteiger partial charge in [0, 0.05) is 17.3 Å². The molecule has 166 valence electrons. The molecule has 0 aliphatic heterocycles. The molecule has 4 nitrogen and oxygen atoms in total. The molecule has 6 heteroatoms. The standard InChI is InChI=1S/C28H18Cl2N2O2/c29-23-12-11-20(17-24(23)30)27-15-16-28(34-27)26(33)14-13-25-22(19-7-3-1-4-8-19)18-32(31-25)21-9-5-2-6-10-21/h1-18H/b14-13+. The average molecular weight is 485 g/mol. The quantitative estimate of drug-likeness (QED) is 0.181. The third-order valence-corrected chi connectivity index (χ3v) is 6.03. The molecule has 0 saturated heterocycles. The molecule has 0 spiro atoms. The first kappa shape index (κ1) is 22.0. The third kappa shape index (κ3) is 4.60. The molecule has 0 aliphatic carbocycles. The zero-order chi connectivity index (χ0) is 23.5. The summed E-state index contributed by atoms with van der Waals surface area (Å²) in [5.74, 6) is 0.495. The van der Waals surface area contributed by atoms with Gasteiger partial charge >= 0.3 is 0 Å². The number of hydrogen-bond acceptors (Lipinski definition) is 3. The van der Waals surface area contributed by atoms with Crippen LogP contribution in [0.25, 0.3) is 34.2 Å². The van der Waals surface area contributed by atoms with E-state index in [0.29, 0.717) is 21.5 Å². The highest BCUT2D eigenvalue weighted by molar-refractivity contribution is 6.42. The van der Waals surface area contributed by atoms with E-state index >= 15 is 0 Å². The lowest BCUT2D eigenvalue weighted by atomic mass is 10.1. The Morgan fingerprint density at radius 2 is 1.56 bits per heavy atom. The van der Waals surface area contributed by atoms with Gasteiger partial charge in [-0.3, -0.25) is 4.79 Å². The number of halogens is 2. The molecule has 0 radical (unpaired) electrons. The van der Waals surface area contributed by atoms with Crippen LogP contribution in [0, 0.1) is 0 Å². The highest BCUT2D eigenvalue weighted by Gasteiger charge is 2.13. The van der Waals surface area contributed by atoms with Crippen molar-refractivity contribution in [1.29, 1.82) is 0 Å². The van der Waals surface area contributed by atoms with E-state index in [1.165, 1.54) is 6.08 Å². The number of aromatic nitrogens is 2. The summed E-state index contributed by atoms with van der Waals surface area (Å²) in [4.78, 5) is 12.8. The maximum Gasteiger partial charge on any atom is 0.221 e. The van der Waals surface area contributed by atoms with Crippen LogP contribution in [-0.2, 0) is 0 Å². The number of nitrogens with zero attached hydrogens (tertiary/aromatic N) is 2. The van der Waals surface area contributed by atoms with Crippen molar-refractivity contribution >= 4 is 35.1 Å². The van der Waals surface area contributed by atoms with E-state index in [1.807, 2.05) is 71.5 Å². The van der Waals surface area contributed by atoms with Crippen LogP contribution in [0.5, 0.6) is 0 Å². The first-order valence-electron chi connectivity index (χ1n) is 10.6. The Balaban J connectivity index is 1.45. The van der Waals surface area contributed by atoms with Gasteiger partial charge in [0.2, 0.25) is 5.78 Å². The van der Waals surface area contributed by atoms with Crippen molar-refractivity contribution in [3.8, 4) is 28.1 Å². The second kappa shape index (κ2) is 9.56. The fourth-order valence-electron chi connectivity index (χ4n) is 3.58. The maximum absolute atomic E-state index is 12.8. The van der Waals surface area contributed by atoms with E-state index in [4.69, 9.17) is 32.7 Å². The normalized spacial score (nSPS) is 11.2. The minimum absolute atomic E-state index is 0.223. The summed E-state index contributed by atoms with van der Waals surface area (Å²) in [6.45, 7) is 0. The largest absolute Gasteiger partial charge is 0.453 e. The SMILES string of the molecule is O=C(/C=C/c1nn(-c2ccccc2)cc1-c1ccccc1)c1ccc(-c2ccc(Cl)c(Cl)c2)o1. The van der Waals surface area contributed by atoms with Crippen LogP contribution < -0.4 is 0 Å². The second-order valence-electron chi connectivity index (χ2n) is 7.56. The molecule has 0 bridgehead atoms. The smallest absolute Gasteiger partial charge is 0.221 e. The number of carbonyl (C=O) groups is 1. The Bertz CT molecular complexity index is 1490. The summed E-state index contributed by atoms with van der Waals surface area (Å²) in [7, 11) is 0. The summed E-state index contributed by atoms with van der Waals surface area (Å²) in [6, 6.07) is 28.3. The summed E-state index contributed by atoms with van der Waals surface area (Å²) >= 11 is 12.1. The molecule has 0 N–H and O–H groups in total. The number of allylic oxidation sites excluding steroid dienone is 1. The molecule has 0 atom stereocenters. The molecule has 3 aromatic carbocycles. The van der Waals surface area contributed by atoms with Crippen molar-refractivity contribution in [2.24, 2.45) is 0 Å². The molecule has 5 aromatic rings. The lowest BCUT2D eigenvalue weighted by Crippen LogP contribution is -1.94. The topological polar surface area (TPSA) is 48.0 Å². The van der Waals surface area contributed by atoms with E-state index in [2.05, 4.69) is 0 Å². The van der Waals surface area contributed by atoms with Crippen LogP contribution in [0.4, 0.5) is 0 Å². The van der Waals surface area contributed by atoms with Crippen molar-refractivity contribution in [3.63, 3.8) is 0 Å². The molecule has 0 unspecified atom stereocenters. The molecule has 0 saturated carbocycles. The second-order valence-corrected chi connectivity index (χ2v) is 8.38. The minimum atomic E-state index is -0.264. The number of hydrogen-bond donors (Lipinski definition) is 0. The van der Waals surface area contributed by atoms with Crippen LogP contribution in [0.1, 0.15) is 16.2 Å². The van der Waals surface area contributed by atoms with Crippen LogP contribution in [0.3, 0.4) is 0 Å². The lowest BCUT2D eigenvalue weighted by Gasteiger charge is -2.00. The summed E-state index contributed by atoms with van der Waals surface area (Å²) in [5.41, 5.74) is 4.29. The first-order chi connectivity index (χ1) is 16.6. The third-order valence-electron chi connectivity index (χ3n) is 5.29. The molecule has 2 heterocycles. The van der Waals surface area contributed by atoms with Gasteiger partial charge in [-0.1, -0.05) is 71.7 Å². The van der Waals surface area contributed by atoms with Crippen molar-refractivity contribution in [1.82, 2.24) is 9.78 Å². The van der Waals surface area contributed by atoms with Crippen molar-refractivity contribution in [3.05, 3.63) is 125 Å². The fourth-order valence-corrected chi connectivity index (χ4v) is 3.87. The van der Waals surface area contributed by atoms with Crippen molar-refractivity contribution in [2.45, 2.75) is 0 Å². The van der Waals surface area contributed by atoms with Gasteiger partial charge in [0.15, 0.2) is 5.76 Å². The Morgan fingerprint density at radius 1 is 0.824 bits per heavy atom. The number of ketones is 1. The van der Waals surface area contributed by atoms with Gasteiger partial charge in [0.25, 0.3) is 0 Å². The average Bonchev–Trinajstić information content (AvgIpc) is 3.53. The van der Waals surface area contributed by atoms with Gasteiger partial charge < -0.3 is 4.42 Å². The van der Waals surface area contributed by atoms with Gasteiger partial charge in [-0.2, -0.15) is 5.10 Å². The van der Waals surface area contributed by atoms with E-state index in [0.717, 1.165) is 22.4 Å². The predicted octanol–water partition coefficient (Wildman–Crippen LogP) is 8.00. The Kier molecular flexibility index (Phi) is 6.17. The van der Waals surface area contributed by atoms with Gasteiger partial charge in [-0.05, 0) is 60.2 Å². The number of furan rings is 1. The van der Waals surface area contributed by atoms with E-state index < -0.39 is 0 Å². The maximum atomic E-state index is 12.8. The van der Waals surface area contributed by atoms with Crippen molar-refractivity contribution < 1.29 is 9.21 Å². The molecule has 0 amide bonds. The fraction of sp³-hybridized carbons (Fsp3) is 0. The van der Waals surface area contributed by atoms with Gasteiger partial charge in [-0.15, -0.1) is 0 Å². The highest BCUT2D eigenvalue weighted by atomic mass is 35.5. The Morgan fingerprint density at radius 3 is 2.29 bits per heavy atom. The number of carbonyl (C=O) groups excluding carboxylic acids is 1. The zero-order valence-corrected chi connectivity index (χ0v) is 19.4. The molecule has 2 aromatic heterocycles. The van der Waals surface area contributed by atoms with Crippen LogP contribution in [-0.4, -0.2) is 15.6 Å². The van der Waals surface area contributed by atoms with Gasteiger partial charge in [0.05, 0.1) is 21.4 Å². The molecular formula is C28H18Cl2N2O2. The summed E-state index contributed by atoms with van der Waals surface area (Å²) < 4.78 is 7.58.